The monoisotopic (exact) mass is 1010 g/mol. The number of carbonyl (C=O) groups is 1. The van der Waals surface area contributed by atoms with Crippen LogP contribution in [0, 0.1) is 0 Å². The number of nitrogens with one attached hydrogen (secondary N) is 2. The van der Waals surface area contributed by atoms with Gasteiger partial charge in [0.1, 0.15) is 23.2 Å². The third-order valence-electron chi connectivity index (χ3n) is 11.9. The summed E-state index contributed by atoms with van der Waals surface area (Å²) in [4.78, 5) is 27.2. The number of alkyl halides is 3. The fourth-order valence-corrected chi connectivity index (χ4v) is 8.28. The summed E-state index contributed by atoms with van der Waals surface area (Å²) in [6, 6.07) is 48.8. The van der Waals surface area contributed by atoms with Crippen LogP contribution in [0.15, 0.2) is 183 Å². The number of pyridine rings is 2. The molecule has 1 aliphatic heterocycles. The maximum atomic E-state index is 10.4. The molecule has 0 amide bonds. The fraction of sp³-hybridized carbons (Fsp3) is 0.175. The lowest BCUT2D eigenvalue weighted by Crippen LogP contribution is -2.19. The summed E-state index contributed by atoms with van der Waals surface area (Å²) in [6.45, 7) is 5.19. The number of fused-ring (bicyclic) bond motifs is 2. The van der Waals surface area contributed by atoms with Crippen molar-refractivity contribution in [1.29, 1.82) is 0 Å². The van der Waals surface area contributed by atoms with E-state index in [2.05, 4.69) is 75.2 Å². The molecule has 6 aromatic heterocycles. The van der Waals surface area contributed by atoms with Gasteiger partial charge < -0.3 is 30.3 Å². The SMILES string of the molecule is CC1(C)OCC(c2cncc(-c3nc(NCc4ccccc4)c4c(-c5ccccc5)ccn4n3)c2)O1.O=CC(F)(F)F.OCC(O)c1cncc(-c2nc(NCc3ccccc3)c3c(-c4ccccc4)ccn3n2)c1. The lowest BCUT2D eigenvalue weighted by molar-refractivity contribution is -0.156. The maximum Gasteiger partial charge on any atom is 0.446 e. The number of hydrogen-bond donors (Lipinski definition) is 4. The molecule has 380 valence electrons. The highest BCUT2D eigenvalue weighted by Crippen LogP contribution is 2.36. The van der Waals surface area contributed by atoms with Crippen LogP contribution in [0.1, 0.15) is 48.3 Å². The predicted octanol–water partition coefficient (Wildman–Crippen LogP) is 10.7. The first-order valence-corrected chi connectivity index (χ1v) is 23.8. The third kappa shape index (κ3) is 12.8. The van der Waals surface area contributed by atoms with Gasteiger partial charge in [-0.05, 0) is 60.4 Å². The minimum Gasteiger partial charge on any atom is -0.393 e. The lowest BCUT2D eigenvalue weighted by atomic mass is 10.1. The first-order valence-electron chi connectivity index (χ1n) is 23.8. The normalized spacial score (nSPS) is 14.3. The number of ether oxygens (including phenoxy) is 2. The Hall–Kier alpha value is -8.68. The molecule has 0 radical (unpaired) electrons. The molecular weight excluding hydrogens is 962 g/mol. The van der Waals surface area contributed by atoms with E-state index in [1.165, 1.54) is 11.8 Å². The molecule has 1 aliphatic rings. The molecule has 75 heavy (non-hydrogen) atoms. The summed E-state index contributed by atoms with van der Waals surface area (Å²) < 4.78 is 46.7. The van der Waals surface area contributed by atoms with Gasteiger partial charge in [-0.2, -0.15) is 13.2 Å². The summed E-state index contributed by atoms with van der Waals surface area (Å²) in [5, 5.41) is 35.9. The Labute approximate surface area is 429 Å². The van der Waals surface area contributed by atoms with Gasteiger partial charge in [0.05, 0.1) is 13.2 Å². The van der Waals surface area contributed by atoms with Crippen LogP contribution >= 0.6 is 0 Å². The van der Waals surface area contributed by atoms with E-state index in [9.17, 15) is 23.4 Å². The number of halogens is 3. The molecule has 2 unspecified atom stereocenters. The zero-order chi connectivity index (χ0) is 52.4. The van der Waals surface area contributed by atoms with Gasteiger partial charge in [-0.1, -0.05) is 121 Å². The highest BCUT2D eigenvalue weighted by atomic mass is 19.4. The molecule has 0 aliphatic carbocycles. The Morgan fingerprint density at radius 1 is 0.667 bits per heavy atom. The van der Waals surface area contributed by atoms with Gasteiger partial charge >= 0.3 is 6.18 Å². The van der Waals surface area contributed by atoms with Crippen molar-refractivity contribution in [2.24, 2.45) is 0 Å². The Morgan fingerprint density at radius 2 is 1.12 bits per heavy atom. The van der Waals surface area contributed by atoms with Crippen molar-refractivity contribution in [3.05, 3.63) is 205 Å². The van der Waals surface area contributed by atoms with Crippen molar-refractivity contribution in [3.8, 4) is 45.0 Å². The second kappa shape index (κ2) is 23.0. The van der Waals surface area contributed by atoms with Gasteiger partial charge in [0.2, 0.25) is 6.29 Å². The predicted molar refractivity (Wildman–Crippen MR) is 279 cm³/mol. The van der Waals surface area contributed by atoms with Crippen molar-refractivity contribution >= 4 is 29.0 Å². The molecule has 0 spiro atoms. The molecule has 0 saturated carbocycles. The number of rotatable bonds is 13. The number of aliphatic hydroxyl groups is 2. The van der Waals surface area contributed by atoms with Gasteiger partial charge in [-0.3, -0.25) is 14.8 Å². The quantitative estimate of drug-likeness (QED) is 0.0800. The number of aldehydes is 1. The number of benzene rings is 4. The summed E-state index contributed by atoms with van der Waals surface area (Å²) >= 11 is 0. The van der Waals surface area contributed by atoms with Crippen LogP contribution in [-0.4, -0.2) is 80.8 Å². The average Bonchev–Trinajstić information content (AvgIpc) is 4.20. The van der Waals surface area contributed by atoms with E-state index >= 15 is 0 Å². The van der Waals surface area contributed by atoms with Crippen LogP contribution < -0.4 is 10.6 Å². The highest BCUT2D eigenvalue weighted by molar-refractivity contribution is 5.90. The molecule has 0 bridgehead atoms. The summed E-state index contributed by atoms with van der Waals surface area (Å²) in [5.41, 5.74) is 11.3. The first-order chi connectivity index (χ1) is 36.3. The number of anilines is 2. The molecule has 1 fully saturated rings. The van der Waals surface area contributed by atoms with Crippen LogP contribution in [0.3, 0.4) is 0 Å². The van der Waals surface area contributed by atoms with Crippen LogP contribution in [0.5, 0.6) is 0 Å². The molecule has 4 aromatic carbocycles. The van der Waals surface area contributed by atoms with E-state index in [1.54, 1.807) is 18.5 Å². The van der Waals surface area contributed by atoms with E-state index in [0.29, 0.717) is 48.3 Å². The average molecular weight is 1010 g/mol. The van der Waals surface area contributed by atoms with E-state index in [1.807, 2.05) is 126 Å². The van der Waals surface area contributed by atoms with E-state index in [-0.39, 0.29) is 12.7 Å². The maximum absolute atomic E-state index is 10.4. The van der Waals surface area contributed by atoms with Gasteiger partial charge in [-0.25, -0.2) is 19.0 Å². The minimum absolute atomic E-state index is 0.178. The third-order valence-corrected chi connectivity index (χ3v) is 11.9. The first kappa shape index (κ1) is 51.2. The van der Waals surface area contributed by atoms with Crippen LogP contribution in [0.25, 0.3) is 56.1 Å². The number of hydrogen-bond acceptors (Lipinski definition) is 13. The topological polar surface area (TPSA) is 186 Å². The number of nitrogens with zero attached hydrogens (tertiary/aromatic N) is 8. The molecule has 18 heteroatoms. The van der Waals surface area contributed by atoms with E-state index < -0.39 is 24.4 Å². The standard InChI is InChI=1S/C29H27N5O2.C26H23N5O2.C2HF3O/c1-29(2)35-19-25(36-29)22-15-23(18-30-17-22)27-32-28(31-16-20-9-5-3-6-10-20)26-24(13-14-34(26)33-27)21-11-7-4-8-12-21;32-17-23(33)20-13-21(16-27-15-20)25-29-26(28-14-18-7-3-1-4-8-18)24-22(11-12-31(24)30-25)19-9-5-2-6-10-19;3-2(4,5)1-6/h3-15,17-18,25H,16,19H2,1-2H3,(H,31,32,33);1-13,15-16,23,32-33H,14,17H2,(H,28,29,30);1H. The fourth-order valence-electron chi connectivity index (χ4n) is 8.28. The molecule has 7 heterocycles. The van der Waals surface area contributed by atoms with Crippen molar-refractivity contribution < 1.29 is 37.7 Å². The van der Waals surface area contributed by atoms with Crippen molar-refractivity contribution in [1.82, 2.24) is 39.2 Å². The second-order valence-corrected chi connectivity index (χ2v) is 17.7. The molecule has 2 atom stereocenters. The van der Waals surface area contributed by atoms with Crippen molar-refractivity contribution in [2.75, 3.05) is 23.8 Å². The smallest absolute Gasteiger partial charge is 0.393 e. The number of aliphatic hydroxyl groups excluding tert-OH is 2. The summed E-state index contributed by atoms with van der Waals surface area (Å²) in [7, 11) is 0. The van der Waals surface area contributed by atoms with Gasteiger partial charge in [0, 0.05) is 83.7 Å². The number of carbonyl (C=O) groups excluding carboxylic acids is 1. The van der Waals surface area contributed by atoms with Gasteiger partial charge in [-0.15, -0.1) is 10.2 Å². The Bertz CT molecular complexity index is 3490. The largest absolute Gasteiger partial charge is 0.446 e. The van der Waals surface area contributed by atoms with Crippen LogP contribution in [-0.2, 0) is 27.4 Å². The Balaban J connectivity index is 0.000000166. The number of aromatic nitrogens is 8. The minimum atomic E-state index is -4.64. The second-order valence-electron chi connectivity index (χ2n) is 17.7. The summed E-state index contributed by atoms with van der Waals surface area (Å²) in [6.07, 6.45) is 3.78. The Morgan fingerprint density at radius 3 is 1.56 bits per heavy atom. The van der Waals surface area contributed by atoms with Gasteiger partial charge in [0.15, 0.2) is 29.1 Å². The molecule has 1 saturated heterocycles. The lowest BCUT2D eigenvalue weighted by Gasteiger charge is -2.17. The van der Waals surface area contributed by atoms with E-state index in [4.69, 9.17) is 34.4 Å². The molecule has 11 rings (SSSR count). The molecular formula is C57H51F3N10O5. The van der Waals surface area contributed by atoms with Crippen molar-refractivity contribution in [3.63, 3.8) is 0 Å². The van der Waals surface area contributed by atoms with Gasteiger partial charge in [0.25, 0.3) is 0 Å². The van der Waals surface area contributed by atoms with Crippen LogP contribution in [0.4, 0.5) is 24.8 Å². The molecule has 15 nitrogen and oxygen atoms in total. The Kier molecular flexibility index (Phi) is 15.7. The highest BCUT2D eigenvalue weighted by Gasteiger charge is 2.34. The summed E-state index contributed by atoms with van der Waals surface area (Å²) in [5.74, 6) is 1.90. The molecule has 10 aromatic rings. The zero-order valence-corrected chi connectivity index (χ0v) is 40.7. The molecule has 4 N–H and O–H groups in total. The zero-order valence-electron chi connectivity index (χ0n) is 40.7. The van der Waals surface area contributed by atoms with E-state index in [0.717, 1.165) is 55.8 Å². The van der Waals surface area contributed by atoms with Crippen molar-refractivity contribution in [2.45, 2.75) is 51.1 Å². The van der Waals surface area contributed by atoms with Crippen LogP contribution in [0.2, 0.25) is 0 Å².